The van der Waals surface area contributed by atoms with Gasteiger partial charge in [-0.15, -0.1) is 0 Å². The van der Waals surface area contributed by atoms with Crippen molar-refractivity contribution in [2.75, 3.05) is 6.61 Å². The van der Waals surface area contributed by atoms with Crippen LogP contribution in [0.1, 0.15) is 25.7 Å². The van der Waals surface area contributed by atoms with Crippen LogP contribution >= 0.6 is 0 Å². The van der Waals surface area contributed by atoms with E-state index in [0.717, 1.165) is 6.61 Å². The van der Waals surface area contributed by atoms with Crippen molar-refractivity contribution in [1.29, 1.82) is 0 Å². The molecule has 0 spiro atoms. The first kappa shape index (κ1) is 6.62. The summed E-state index contributed by atoms with van der Waals surface area (Å²) < 4.78 is 5.16. The molecule has 2 rings (SSSR count). The molecule has 0 bridgehead atoms. The van der Waals surface area contributed by atoms with E-state index in [1.807, 2.05) is 0 Å². The van der Waals surface area contributed by atoms with E-state index in [4.69, 9.17) is 4.74 Å². The van der Waals surface area contributed by atoms with E-state index in [-0.39, 0.29) is 0 Å². The molecule has 2 heteroatoms. The minimum absolute atomic E-state index is 0.440. The van der Waals surface area contributed by atoms with Crippen LogP contribution in [0.15, 0.2) is 0 Å². The summed E-state index contributed by atoms with van der Waals surface area (Å²) in [5, 5.41) is 9.30. The zero-order valence-electron chi connectivity index (χ0n) is 6.12. The van der Waals surface area contributed by atoms with Gasteiger partial charge in [-0.1, -0.05) is 12.8 Å². The average Bonchev–Trinajstić information content (AvgIpc) is 2.34. The Labute approximate surface area is 61.2 Å². The van der Waals surface area contributed by atoms with Crippen LogP contribution in [-0.4, -0.2) is 18.0 Å². The van der Waals surface area contributed by atoms with Gasteiger partial charge in [0, 0.05) is 5.92 Å². The zero-order chi connectivity index (χ0) is 6.97. The molecule has 0 amide bonds. The molecule has 2 nitrogen and oxygen atoms in total. The molecule has 0 aromatic rings. The summed E-state index contributed by atoms with van der Waals surface area (Å²) in [7, 11) is 0. The zero-order valence-corrected chi connectivity index (χ0v) is 6.12. The highest BCUT2D eigenvalue weighted by Gasteiger charge is 2.37. The van der Waals surface area contributed by atoms with Crippen LogP contribution in [0.4, 0.5) is 0 Å². The summed E-state index contributed by atoms with van der Waals surface area (Å²) in [6, 6.07) is 0. The molecule has 0 radical (unpaired) electrons. The van der Waals surface area contributed by atoms with Crippen LogP contribution in [0.2, 0.25) is 0 Å². The summed E-state index contributed by atoms with van der Waals surface area (Å²) in [6.45, 7) is 0.797. The van der Waals surface area contributed by atoms with Gasteiger partial charge in [-0.3, -0.25) is 0 Å². The lowest BCUT2D eigenvalue weighted by atomic mass is 9.81. The third kappa shape index (κ3) is 0.956. The number of aliphatic hydroxyl groups excluding tert-OH is 1. The van der Waals surface area contributed by atoms with Crippen LogP contribution in [-0.2, 0) is 4.74 Å². The van der Waals surface area contributed by atoms with Gasteiger partial charge in [0.1, 0.15) is 0 Å². The molecule has 1 aliphatic heterocycles. The van der Waals surface area contributed by atoms with Gasteiger partial charge in [0.25, 0.3) is 0 Å². The Bertz CT molecular complexity index is 122. The minimum atomic E-state index is -0.440. The third-order valence-corrected chi connectivity index (χ3v) is 2.82. The van der Waals surface area contributed by atoms with Crippen molar-refractivity contribution in [3.63, 3.8) is 0 Å². The quantitative estimate of drug-likeness (QED) is 0.549. The number of fused-ring (bicyclic) bond motifs is 1. The Morgan fingerprint density at radius 1 is 1.20 bits per heavy atom. The molecule has 1 saturated carbocycles. The number of ether oxygens (including phenoxy) is 1. The Kier molecular flexibility index (Phi) is 1.66. The molecule has 2 aliphatic rings. The second kappa shape index (κ2) is 2.51. The minimum Gasteiger partial charge on any atom is -0.368 e. The lowest BCUT2D eigenvalue weighted by Gasteiger charge is -2.24. The Morgan fingerprint density at radius 3 is 2.80 bits per heavy atom. The van der Waals surface area contributed by atoms with E-state index in [9.17, 15) is 5.11 Å². The third-order valence-electron chi connectivity index (χ3n) is 2.82. The highest BCUT2D eigenvalue weighted by atomic mass is 16.6. The van der Waals surface area contributed by atoms with E-state index >= 15 is 0 Å². The Hall–Kier alpha value is -0.0800. The lowest BCUT2D eigenvalue weighted by Crippen LogP contribution is -2.22. The van der Waals surface area contributed by atoms with Gasteiger partial charge in [-0.05, 0) is 18.8 Å². The highest BCUT2D eigenvalue weighted by Crippen LogP contribution is 2.37. The van der Waals surface area contributed by atoms with Crippen molar-refractivity contribution in [1.82, 2.24) is 0 Å². The monoisotopic (exact) mass is 142 g/mol. The number of hydrogen-bond acceptors (Lipinski definition) is 2. The summed E-state index contributed by atoms with van der Waals surface area (Å²) in [4.78, 5) is 0. The molecule has 2 fully saturated rings. The molecule has 1 aliphatic carbocycles. The fraction of sp³-hybridized carbons (Fsp3) is 1.00. The number of aliphatic hydroxyl groups is 1. The van der Waals surface area contributed by atoms with Gasteiger partial charge in [0.05, 0.1) is 6.61 Å². The standard InChI is InChI=1S/C8H14O2/c9-8-7-4-2-1-3-6(7)5-10-8/h6-9H,1-5H2/t6-,7-,8?/m1/s1. The van der Waals surface area contributed by atoms with Gasteiger partial charge < -0.3 is 9.84 Å². The smallest absolute Gasteiger partial charge is 0.157 e. The second-order valence-electron chi connectivity index (χ2n) is 3.43. The van der Waals surface area contributed by atoms with Crippen molar-refractivity contribution in [3.05, 3.63) is 0 Å². The molecular weight excluding hydrogens is 128 g/mol. The van der Waals surface area contributed by atoms with E-state index in [2.05, 4.69) is 0 Å². The van der Waals surface area contributed by atoms with Gasteiger partial charge in [0.2, 0.25) is 0 Å². The second-order valence-corrected chi connectivity index (χ2v) is 3.43. The maximum atomic E-state index is 9.30. The first-order chi connectivity index (χ1) is 4.88. The molecule has 0 aromatic carbocycles. The van der Waals surface area contributed by atoms with Gasteiger partial charge >= 0.3 is 0 Å². The topological polar surface area (TPSA) is 29.5 Å². The summed E-state index contributed by atoms with van der Waals surface area (Å²) in [5.41, 5.74) is 0. The fourth-order valence-electron chi connectivity index (χ4n) is 2.16. The molecule has 3 atom stereocenters. The molecule has 1 N–H and O–H groups in total. The van der Waals surface area contributed by atoms with E-state index in [1.54, 1.807) is 0 Å². The van der Waals surface area contributed by atoms with E-state index in [0.29, 0.717) is 11.8 Å². The largest absolute Gasteiger partial charge is 0.368 e. The van der Waals surface area contributed by atoms with Gasteiger partial charge in [0.15, 0.2) is 6.29 Å². The first-order valence-electron chi connectivity index (χ1n) is 4.17. The summed E-state index contributed by atoms with van der Waals surface area (Å²) in [5.74, 6) is 1.14. The average molecular weight is 142 g/mol. The van der Waals surface area contributed by atoms with Crippen LogP contribution in [0.25, 0.3) is 0 Å². The normalized spacial score (nSPS) is 47.1. The first-order valence-corrected chi connectivity index (χ1v) is 4.17. The fourth-order valence-corrected chi connectivity index (χ4v) is 2.16. The van der Waals surface area contributed by atoms with Crippen LogP contribution in [0.5, 0.6) is 0 Å². The van der Waals surface area contributed by atoms with Crippen molar-refractivity contribution in [2.45, 2.75) is 32.0 Å². The van der Waals surface area contributed by atoms with Gasteiger partial charge in [-0.2, -0.15) is 0 Å². The maximum Gasteiger partial charge on any atom is 0.157 e. The summed E-state index contributed by atoms with van der Waals surface area (Å²) >= 11 is 0. The number of rotatable bonds is 0. The predicted molar refractivity (Wildman–Crippen MR) is 37.4 cm³/mol. The lowest BCUT2D eigenvalue weighted by molar-refractivity contribution is -0.0844. The molecule has 1 unspecified atom stereocenters. The van der Waals surface area contributed by atoms with Crippen molar-refractivity contribution in [2.24, 2.45) is 11.8 Å². The number of hydrogen-bond donors (Lipinski definition) is 1. The highest BCUT2D eigenvalue weighted by molar-refractivity contribution is 4.81. The van der Waals surface area contributed by atoms with Crippen molar-refractivity contribution in [3.8, 4) is 0 Å². The maximum absolute atomic E-state index is 9.30. The Balaban J connectivity index is 2.01. The van der Waals surface area contributed by atoms with Crippen molar-refractivity contribution < 1.29 is 9.84 Å². The van der Waals surface area contributed by atoms with Crippen LogP contribution < -0.4 is 0 Å². The Morgan fingerprint density at radius 2 is 2.00 bits per heavy atom. The van der Waals surface area contributed by atoms with Crippen LogP contribution in [0.3, 0.4) is 0 Å². The molecular formula is C8H14O2. The van der Waals surface area contributed by atoms with Crippen LogP contribution in [0, 0.1) is 11.8 Å². The molecule has 58 valence electrons. The summed E-state index contributed by atoms with van der Waals surface area (Å²) in [6.07, 6.45) is 4.61. The molecule has 1 heterocycles. The molecule has 10 heavy (non-hydrogen) atoms. The predicted octanol–water partition coefficient (Wildman–Crippen LogP) is 1.14. The van der Waals surface area contributed by atoms with E-state index < -0.39 is 6.29 Å². The molecule has 1 saturated heterocycles. The van der Waals surface area contributed by atoms with E-state index in [1.165, 1.54) is 25.7 Å². The molecule has 0 aromatic heterocycles. The SMILES string of the molecule is OC1OC[C@H]2CCCC[C@@H]12. The van der Waals surface area contributed by atoms with Gasteiger partial charge in [-0.25, -0.2) is 0 Å². The van der Waals surface area contributed by atoms with Crippen molar-refractivity contribution >= 4 is 0 Å².